The molecule has 2 heterocycles. The topological polar surface area (TPSA) is 70.6 Å². The molecule has 3 aromatic rings. The molecule has 0 aliphatic carbocycles. The Labute approximate surface area is 224 Å². The van der Waals surface area contributed by atoms with Gasteiger partial charge in [-0.3, -0.25) is 9.69 Å². The van der Waals surface area contributed by atoms with Gasteiger partial charge in [-0.25, -0.2) is 4.98 Å². The van der Waals surface area contributed by atoms with Gasteiger partial charge in [0.05, 0.1) is 18.2 Å². The predicted octanol–water partition coefficient (Wildman–Crippen LogP) is 4.73. The highest BCUT2D eigenvalue weighted by atomic mass is 32.1. The second-order valence-electron chi connectivity index (χ2n) is 8.90. The van der Waals surface area contributed by atoms with E-state index in [9.17, 15) is 31.1 Å². The number of ether oxygens (including phenoxy) is 1. The minimum absolute atomic E-state index is 0.00396. The van der Waals surface area contributed by atoms with E-state index in [1.807, 2.05) is 29.2 Å². The molecule has 0 unspecified atom stereocenters. The van der Waals surface area contributed by atoms with Crippen LogP contribution in [0.3, 0.4) is 0 Å². The largest absolute Gasteiger partial charge is 0.497 e. The average molecular weight is 574 g/mol. The van der Waals surface area contributed by atoms with Crippen molar-refractivity contribution in [2.75, 3.05) is 51.3 Å². The molecule has 1 aliphatic rings. The van der Waals surface area contributed by atoms with Crippen LogP contribution in [0.1, 0.15) is 32.9 Å². The first kappa shape index (κ1) is 28.6. The van der Waals surface area contributed by atoms with E-state index in [1.165, 1.54) is 11.5 Å². The number of piperazine rings is 1. The molecule has 1 N–H and O–H groups in total. The van der Waals surface area contributed by atoms with Crippen molar-refractivity contribution < 1.29 is 35.9 Å². The van der Waals surface area contributed by atoms with Crippen LogP contribution < -0.4 is 15.0 Å². The van der Waals surface area contributed by atoms with Gasteiger partial charge in [-0.15, -0.1) is 0 Å². The molecule has 39 heavy (non-hydrogen) atoms. The summed E-state index contributed by atoms with van der Waals surface area (Å²) in [5.74, 6) is 0.468. The van der Waals surface area contributed by atoms with Crippen molar-refractivity contribution in [2.24, 2.45) is 0 Å². The number of halogens is 6. The zero-order valence-electron chi connectivity index (χ0n) is 20.8. The summed E-state index contributed by atoms with van der Waals surface area (Å²) in [5, 5.41) is 3.22. The smallest absolute Gasteiger partial charge is 0.416 e. The van der Waals surface area contributed by atoms with Crippen molar-refractivity contribution in [3.05, 3.63) is 70.5 Å². The summed E-state index contributed by atoms with van der Waals surface area (Å²) in [4.78, 5) is 21.1. The van der Waals surface area contributed by atoms with Gasteiger partial charge in [0.15, 0.2) is 0 Å². The predicted molar refractivity (Wildman–Crippen MR) is 133 cm³/mol. The van der Waals surface area contributed by atoms with E-state index in [0.717, 1.165) is 16.4 Å². The number of rotatable bonds is 8. The molecule has 0 spiro atoms. The molecular formula is C25H25F6N5O2S. The summed E-state index contributed by atoms with van der Waals surface area (Å²) < 4.78 is 88.0. The van der Waals surface area contributed by atoms with Crippen molar-refractivity contribution in [1.29, 1.82) is 0 Å². The second-order valence-corrected chi connectivity index (χ2v) is 9.63. The number of carbonyl (C=O) groups is 1. The van der Waals surface area contributed by atoms with Gasteiger partial charge in [-0.2, -0.15) is 30.7 Å². The lowest BCUT2D eigenvalue weighted by Gasteiger charge is -2.34. The van der Waals surface area contributed by atoms with E-state index in [1.54, 1.807) is 7.11 Å². The Morgan fingerprint density at radius 1 is 1.00 bits per heavy atom. The maximum absolute atomic E-state index is 13.1. The summed E-state index contributed by atoms with van der Waals surface area (Å²) in [6.45, 7) is 3.06. The monoisotopic (exact) mass is 573 g/mol. The van der Waals surface area contributed by atoms with Crippen molar-refractivity contribution in [3.8, 4) is 5.75 Å². The fourth-order valence-corrected chi connectivity index (χ4v) is 4.83. The van der Waals surface area contributed by atoms with Gasteiger partial charge >= 0.3 is 12.4 Å². The number of carbonyl (C=O) groups excluding carboxylic acids is 1. The second kappa shape index (κ2) is 11.8. The molecule has 1 amide bonds. The lowest BCUT2D eigenvalue weighted by Crippen LogP contribution is -2.48. The number of alkyl halides is 6. The number of anilines is 1. The fourth-order valence-electron chi connectivity index (χ4n) is 4.09. The number of amides is 1. The summed E-state index contributed by atoms with van der Waals surface area (Å²) in [6.07, 6.45) is -9.46. The van der Waals surface area contributed by atoms with Gasteiger partial charge in [-0.05, 0) is 35.9 Å². The van der Waals surface area contributed by atoms with Crippen molar-refractivity contribution in [3.63, 3.8) is 0 Å². The Balaban J connectivity index is 1.26. The van der Waals surface area contributed by atoms with Crippen LogP contribution in [0.4, 0.5) is 31.5 Å². The van der Waals surface area contributed by atoms with Gasteiger partial charge in [0.1, 0.15) is 11.6 Å². The molecule has 1 fully saturated rings. The molecular weight excluding hydrogens is 548 g/mol. The minimum Gasteiger partial charge on any atom is -0.497 e. The third-order valence-corrected chi connectivity index (χ3v) is 6.97. The number of hydrogen-bond acceptors (Lipinski definition) is 7. The van der Waals surface area contributed by atoms with Crippen LogP contribution in [0.5, 0.6) is 5.75 Å². The van der Waals surface area contributed by atoms with Gasteiger partial charge in [-0.1, -0.05) is 12.1 Å². The number of hydrogen-bond donors (Lipinski definition) is 1. The summed E-state index contributed by atoms with van der Waals surface area (Å²) >= 11 is 1.31. The van der Waals surface area contributed by atoms with Gasteiger partial charge in [0, 0.05) is 62.8 Å². The number of nitrogens with one attached hydrogen (secondary N) is 1. The van der Waals surface area contributed by atoms with Crippen LogP contribution in [0.15, 0.2) is 42.5 Å². The normalized spacial score (nSPS) is 14.9. The molecule has 1 aromatic heterocycles. The molecule has 2 aromatic carbocycles. The first-order chi connectivity index (χ1) is 18.4. The maximum atomic E-state index is 13.1. The standard InChI is InChI=1S/C25H25F6N5O2S/c1-38-20-4-2-3-16(11-20)12-21-33-23(39-34-21)36-9-7-35(8-10-36)6-5-32-22(37)17-13-18(24(26,27)28)15-19(14-17)25(29,30)31/h2-4,11,13-15H,5-10,12H2,1H3,(H,32,37). The SMILES string of the molecule is COc1cccc(Cc2nsc(N3CCN(CCNC(=O)c4cc(C(F)(F)F)cc(C(F)(F)F)c4)CC3)n2)c1. The van der Waals surface area contributed by atoms with Crippen LogP contribution in [0.25, 0.3) is 0 Å². The molecule has 1 aliphatic heterocycles. The Hall–Kier alpha value is -3.39. The number of aromatic nitrogens is 2. The van der Waals surface area contributed by atoms with E-state index in [2.05, 4.69) is 19.6 Å². The van der Waals surface area contributed by atoms with Gasteiger partial charge in [0.25, 0.3) is 5.91 Å². The van der Waals surface area contributed by atoms with E-state index >= 15 is 0 Å². The lowest BCUT2D eigenvalue weighted by molar-refractivity contribution is -0.143. The summed E-state index contributed by atoms with van der Waals surface area (Å²) in [6, 6.07) is 8.52. The fraction of sp³-hybridized carbons (Fsp3) is 0.400. The van der Waals surface area contributed by atoms with Crippen LogP contribution >= 0.6 is 11.5 Å². The molecule has 7 nitrogen and oxygen atoms in total. The average Bonchev–Trinajstić information content (AvgIpc) is 3.36. The highest BCUT2D eigenvalue weighted by Gasteiger charge is 2.37. The number of benzene rings is 2. The number of nitrogens with zero attached hydrogens (tertiary/aromatic N) is 4. The minimum atomic E-state index is -5.02. The van der Waals surface area contributed by atoms with Crippen LogP contribution in [-0.2, 0) is 18.8 Å². The Morgan fingerprint density at radius 3 is 2.28 bits per heavy atom. The Bertz CT molecular complexity index is 1260. The summed E-state index contributed by atoms with van der Waals surface area (Å²) in [7, 11) is 1.61. The first-order valence-corrected chi connectivity index (χ1v) is 12.7. The van der Waals surface area contributed by atoms with Gasteiger partial charge < -0.3 is 15.0 Å². The molecule has 1 saturated heterocycles. The van der Waals surface area contributed by atoms with E-state index in [0.29, 0.717) is 57.1 Å². The first-order valence-electron chi connectivity index (χ1n) is 11.9. The molecule has 210 valence electrons. The van der Waals surface area contributed by atoms with Gasteiger partial charge in [0.2, 0.25) is 5.13 Å². The van der Waals surface area contributed by atoms with E-state index in [-0.39, 0.29) is 12.6 Å². The molecule has 14 heteroatoms. The third kappa shape index (κ3) is 7.60. The summed E-state index contributed by atoms with van der Waals surface area (Å²) in [5.41, 5.74) is -2.71. The Kier molecular flexibility index (Phi) is 8.64. The van der Waals surface area contributed by atoms with Crippen LogP contribution in [0.2, 0.25) is 0 Å². The molecule has 0 bridgehead atoms. The highest BCUT2D eigenvalue weighted by Crippen LogP contribution is 2.36. The van der Waals surface area contributed by atoms with E-state index < -0.39 is 35.0 Å². The molecule has 0 saturated carbocycles. The lowest BCUT2D eigenvalue weighted by atomic mass is 10.0. The maximum Gasteiger partial charge on any atom is 0.416 e. The Morgan fingerprint density at radius 2 is 1.67 bits per heavy atom. The number of methoxy groups -OCH3 is 1. The van der Waals surface area contributed by atoms with Crippen molar-refractivity contribution >= 4 is 22.6 Å². The van der Waals surface area contributed by atoms with E-state index in [4.69, 9.17) is 4.74 Å². The zero-order valence-corrected chi connectivity index (χ0v) is 21.6. The molecule has 0 atom stereocenters. The van der Waals surface area contributed by atoms with Crippen LogP contribution in [-0.4, -0.2) is 66.5 Å². The zero-order chi connectivity index (χ0) is 28.2. The third-order valence-electron chi connectivity index (χ3n) is 6.16. The molecule has 0 radical (unpaired) electrons. The molecule has 4 rings (SSSR count). The van der Waals surface area contributed by atoms with Crippen LogP contribution in [0, 0.1) is 0 Å². The quantitative estimate of drug-likeness (QED) is 0.393. The van der Waals surface area contributed by atoms with Crippen molar-refractivity contribution in [1.82, 2.24) is 19.6 Å². The highest BCUT2D eigenvalue weighted by molar-refractivity contribution is 7.09. The van der Waals surface area contributed by atoms with Crippen molar-refractivity contribution in [2.45, 2.75) is 18.8 Å².